The fourth-order valence-corrected chi connectivity index (χ4v) is 2.70. The van der Waals surface area contributed by atoms with Crippen molar-refractivity contribution in [3.63, 3.8) is 0 Å². The van der Waals surface area contributed by atoms with Crippen molar-refractivity contribution >= 4 is 16.7 Å². The molecule has 2 aromatic carbocycles. The third kappa shape index (κ3) is 2.82. The SMILES string of the molecule is CCc1ccc(C(=O)c2c[nH]c3ccc(CC)cc3c2=O)cc1. The molecular formula is C20H19NO2. The van der Waals surface area contributed by atoms with Crippen LogP contribution in [-0.2, 0) is 12.8 Å². The fraction of sp³-hybridized carbons (Fsp3) is 0.200. The van der Waals surface area contributed by atoms with Crippen LogP contribution in [-0.4, -0.2) is 10.8 Å². The molecule has 0 aliphatic heterocycles. The summed E-state index contributed by atoms with van der Waals surface area (Å²) in [4.78, 5) is 28.4. The zero-order valence-electron chi connectivity index (χ0n) is 13.3. The number of benzene rings is 2. The van der Waals surface area contributed by atoms with Crippen LogP contribution in [0.25, 0.3) is 10.9 Å². The number of aromatic nitrogens is 1. The lowest BCUT2D eigenvalue weighted by atomic mass is 10.00. The molecule has 0 amide bonds. The lowest BCUT2D eigenvalue weighted by Crippen LogP contribution is -2.17. The Morgan fingerprint density at radius 3 is 2.26 bits per heavy atom. The summed E-state index contributed by atoms with van der Waals surface area (Å²) in [5, 5.41) is 0.570. The highest BCUT2D eigenvalue weighted by Crippen LogP contribution is 2.14. The van der Waals surface area contributed by atoms with Crippen molar-refractivity contribution in [1.82, 2.24) is 4.98 Å². The van der Waals surface area contributed by atoms with E-state index in [1.807, 2.05) is 37.3 Å². The maximum atomic E-state index is 12.7. The molecule has 0 radical (unpaired) electrons. The number of carbonyl (C=O) groups excluding carboxylic acids is 1. The fourth-order valence-electron chi connectivity index (χ4n) is 2.70. The number of hydrogen-bond acceptors (Lipinski definition) is 2. The van der Waals surface area contributed by atoms with Crippen LogP contribution < -0.4 is 5.43 Å². The Labute approximate surface area is 135 Å². The van der Waals surface area contributed by atoms with E-state index in [2.05, 4.69) is 11.9 Å². The van der Waals surface area contributed by atoms with Gasteiger partial charge in [-0.2, -0.15) is 0 Å². The van der Waals surface area contributed by atoms with Gasteiger partial charge in [-0.1, -0.05) is 44.2 Å². The second-order valence-corrected chi connectivity index (χ2v) is 5.64. The normalized spacial score (nSPS) is 10.9. The summed E-state index contributed by atoms with van der Waals surface area (Å²) in [5.41, 5.74) is 3.53. The molecule has 0 fully saturated rings. The van der Waals surface area contributed by atoms with E-state index in [-0.39, 0.29) is 16.8 Å². The molecule has 0 saturated carbocycles. The van der Waals surface area contributed by atoms with Crippen molar-refractivity contribution in [3.05, 3.63) is 81.1 Å². The number of nitrogens with one attached hydrogen (secondary N) is 1. The van der Waals surface area contributed by atoms with E-state index in [1.165, 1.54) is 11.8 Å². The molecule has 0 saturated heterocycles. The van der Waals surface area contributed by atoms with Gasteiger partial charge in [0.05, 0.1) is 5.56 Å². The predicted octanol–water partition coefficient (Wildman–Crippen LogP) is 3.88. The molecule has 1 aromatic heterocycles. The molecule has 0 aliphatic carbocycles. The maximum absolute atomic E-state index is 12.7. The number of aromatic amines is 1. The number of aryl methyl sites for hydroxylation is 2. The maximum Gasteiger partial charge on any atom is 0.200 e. The van der Waals surface area contributed by atoms with E-state index in [4.69, 9.17) is 0 Å². The Balaban J connectivity index is 2.09. The van der Waals surface area contributed by atoms with Gasteiger partial charge in [0.15, 0.2) is 5.78 Å². The van der Waals surface area contributed by atoms with Gasteiger partial charge in [0.25, 0.3) is 0 Å². The standard InChI is InChI=1S/C20H19NO2/c1-3-13-5-8-15(9-6-13)19(22)17-12-21-18-10-7-14(4-2)11-16(18)20(17)23/h5-12H,3-4H2,1-2H3,(H,21,23). The summed E-state index contributed by atoms with van der Waals surface area (Å²) in [6.07, 6.45) is 3.29. The molecule has 23 heavy (non-hydrogen) atoms. The minimum Gasteiger partial charge on any atom is -0.360 e. The molecule has 0 atom stereocenters. The lowest BCUT2D eigenvalue weighted by molar-refractivity contribution is 0.103. The number of rotatable bonds is 4. The Bertz CT molecular complexity index is 921. The lowest BCUT2D eigenvalue weighted by Gasteiger charge is -2.05. The number of H-pyrrole nitrogens is 1. The van der Waals surface area contributed by atoms with Crippen LogP contribution in [0.1, 0.15) is 40.9 Å². The van der Waals surface area contributed by atoms with Gasteiger partial charge < -0.3 is 4.98 Å². The Kier molecular flexibility index (Phi) is 4.11. The molecule has 0 spiro atoms. The first-order chi connectivity index (χ1) is 11.1. The van der Waals surface area contributed by atoms with Crippen LogP contribution in [0, 0.1) is 0 Å². The number of pyridine rings is 1. The highest BCUT2D eigenvalue weighted by atomic mass is 16.1. The van der Waals surface area contributed by atoms with Crippen LogP contribution >= 0.6 is 0 Å². The molecule has 3 aromatic rings. The van der Waals surface area contributed by atoms with Crippen molar-refractivity contribution < 1.29 is 4.79 Å². The van der Waals surface area contributed by atoms with E-state index in [9.17, 15) is 9.59 Å². The van der Waals surface area contributed by atoms with E-state index in [0.717, 1.165) is 23.9 Å². The van der Waals surface area contributed by atoms with Gasteiger partial charge in [0.2, 0.25) is 5.43 Å². The minimum atomic E-state index is -0.238. The molecule has 1 heterocycles. The molecule has 1 N–H and O–H groups in total. The average Bonchev–Trinajstić information content (AvgIpc) is 2.61. The van der Waals surface area contributed by atoms with Crippen LogP contribution in [0.5, 0.6) is 0 Å². The molecule has 3 rings (SSSR count). The van der Waals surface area contributed by atoms with Gasteiger partial charge in [-0.05, 0) is 36.1 Å². The zero-order chi connectivity index (χ0) is 16.4. The minimum absolute atomic E-state index is 0.190. The number of fused-ring (bicyclic) bond motifs is 1. The second kappa shape index (κ2) is 6.21. The molecule has 0 bridgehead atoms. The van der Waals surface area contributed by atoms with Crippen molar-refractivity contribution in [1.29, 1.82) is 0 Å². The monoisotopic (exact) mass is 305 g/mol. The second-order valence-electron chi connectivity index (χ2n) is 5.64. The highest BCUT2D eigenvalue weighted by Gasteiger charge is 2.15. The molecule has 3 nitrogen and oxygen atoms in total. The average molecular weight is 305 g/mol. The van der Waals surface area contributed by atoms with E-state index in [0.29, 0.717) is 10.9 Å². The highest BCUT2D eigenvalue weighted by molar-refractivity contribution is 6.10. The predicted molar refractivity (Wildman–Crippen MR) is 93.2 cm³/mol. The first kappa shape index (κ1) is 15.2. The third-order valence-corrected chi connectivity index (χ3v) is 4.22. The Morgan fingerprint density at radius 2 is 1.61 bits per heavy atom. The van der Waals surface area contributed by atoms with Gasteiger partial charge in [-0.3, -0.25) is 9.59 Å². The zero-order valence-corrected chi connectivity index (χ0v) is 13.3. The number of hydrogen-bond donors (Lipinski definition) is 1. The Morgan fingerprint density at radius 1 is 0.957 bits per heavy atom. The van der Waals surface area contributed by atoms with E-state index >= 15 is 0 Å². The largest absolute Gasteiger partial charge is 0.360 e. The molecule has 3 heteroatoms. The topological polar surface area (TPSA) is 49.9 Å². The summed E-state index contributed by atoms with van der Waals surface area (Å²) in [6.45, 7) is 4.11. The van der Waals surface area contributed by atoms with Gasteiger partial charge in [0.1, 0.15) is 0 Å². The molecule has 0 aliphatic rings. The summed E-state index contributed by atoms with van der Waals surface area (Å²) < 4.78 is 0. The smallest absolute Gasteiger partial charge is 0.200 e. The quantitative estimate of drug-likeness (QED) is 0.744. The summed E-state index contributed by atoms with van der Waals surface area (Å²) in [6, 6.07) is 13.2. The van der Waals surface area contributed by atoms with Crippen LogP contribution in [0.2, 0.25) is 0 Å². The van der Waals surface area contributed by atoms with Crippen molar-refractivity contribution in [2.75, 3.05) is 0 Å². The summed E-state index contributed by atoms with van der Waals surface area (Å²) in [5.74, 6) is -0.238. The van der Waals surface area contributed by atoms with Gasteiger partial charge >= 0.3 is 0 Å². The van der Waals surface area contributed by atoms with Crippen LogP contribution in [0.15, 0.2) is 53.5 Å². The number of carbonyl (C=O) groups is 1. The van der Waals surface area contributed by atoms with Crippen molar-refractivity contribution in [3.8, 4) is 0 Å². The first-order valence-corrected chi connectivity index (χ1v) is 7.92. The van der Waals surface area contributed by atoms with Crippen LogP contribution in [0.3, 0.4) is 0 Å². The van der Waals surface area contributed by atoms with Gasteiger partial charge in [-0.25, -0.2) is 0 Å². The molecule has 0 unspecified atom stereocenters. The van der Waals surface area contributed by atoms with Gasteiger partial charge in [0, 0.05) is 22.7 Å². The van der Waals surface area contributed by atoms with E-state index < -0.39 is 0 Å². The molecule has 116 valence electrons. The number of ketones is 1. The van der Waals surface area contributed by atoms with Gasteiger partial charge in [-0.15, -0.1) is 0 Å². The van der Waals surface area contributed by atoms with E-state index in [1.54, 1.807) is 12.1 Å². The summed E-state index contributed by atoms with van der Waals surface area (Å²) in [7, 11) is 0. The Hall–Kier alpha value is -2.68. The third-order valence-electron chi connectivity index (χ3n) is 4.22. The van der Waals surface area contributed by atoms with Crippen molar-refractivity contribution in [2.45, 2.75) is 26.7 Å². The van der Waals surface area contributed by atoms with Crippen molar-refractivity contribution in [2.24, 2.45) is 0 Å². The first-order valence-electron chi connectivity index (χ1n) is 7.92. The molecular weight excluding hydrogens is 286 g/mol. The summed E-state index contributed by atoms with van der Waals surface area (Å²) >= 11 is 0. The van der Waals surface area contributed by atoms with Crippen LogP contribution in [0.4, 0.5) is 0 Å².